The number of nitrogens with zero attached hydrogens (tertiary/aromatic N) is 1. The maximum absolute atomic E-state index is 13.1. The first-order valence-corrected chi connectivity index (χ1v) is 3.57. The molecule has 0 aromatic heterocycles. The van der Waals surface area contributed by atoms with Crippen molar-refractivity contribution in [2.45, 2.75) is 0 Å². The van der Waals surface area contributed by atoms with Gasteiger partial charge in [0.2, 0.25) is 0 Å². The minimum atomic E-state index is -0.371. The summed E-state index contributed by atoms with van der Waals surface area (Å²) in [6, 6.07) is 4.40. The van der Waals surface area contributed by atoms with Crippen LogP contribution >= 0.6 is 0 Å². The summed E-state index contributed by atoms with van der Waals surface area (Å²) in [6.07, 6.45) is 0.628. The van der Waals surface area contributed by atoms with Crippen LogP contribution in [0, 0.1) is 5.82 Å². The minimum absolute atomic E-state index is 0.359. The van der Waals surface area contributed by atoms with Gasteiger partial charge in [0, 0.05) is 19.7 Å². The predicted molar refractivity (Wildman–Crippen MR) is 46.1 cm³/mol. The van der Waals surface area contributed by atoms with E-state index in [1.54, 1.807) is 31.1 Å². The molecule has 0 aliphatic carbocycles. The van der Waals surface area contributed by atoms with E-state index in [1.165, 1.54) is 6.07 Å². The molecule has 2 nitrogen and oxygen atoms in total. The third-order valence-corrected chi connectivity index (χ3v) is 1.59. The highest BCUT2D eigenvalue weighted by molar-refractivity contribution is 5.75. The Hall–Kier alpha value is -1.38. The highest BCUT2D eigenvalue weighted by atomic mass is 19.1. The van der Waals surface area contributed by atoms with Gasteiger partial charge < -0.3 is 4.90 Å². The summed E-state index contributed by atoms with van der Waals surface area (Å²) >= 11 is 0. The Bertz CT molecular complexity index is 297. The van der Waals surface area contributed by atoms with Gasteiger partial charge >= 0.3 is 0 Å². The second-order valence-electron chi connectivity index (χ2n) is 2.72. The van der Waals surface area contributed by atoms with Crippen LogP contribution in [-0.4, -0.2) is 20.4 Å². The fraction of sp³-hybridized carbons (Fsp3) is 0.222. The molecule has 0 aliphatic rings. The second kappa shape index (κ2) is 3.34. The zero-order valence-corrected chi connectivity index (χ0v) is 7.04. The lowest BCUT2D eigenvalue weighted by atomic mass is 10.2. The maximum atomic E-state index is 13.1. The van der Waals surface area contributed by atoms with Gasteiger partial charge in [0.05, 0.1) is 5.69 Å². The number of halogens is 1. The third-order valence-electron chi connectivity index (χ3n) is 1.59. The fourth-order valence-electron chi connectivity index (χ4n) is 0.959. The van der Waals surface area contributed by atoms with Gasteiger partial charge in [-0.15, -0.1) is 0 Å². The third kappa shape index (κ3) is 1.61. The molecular weight excluding hydrogens is 157 g/mol. The first-order chi connectivity index (χ1) is 5.65. The monoisotopic (exact) mass is 167 g/mol. The van der Waals surface area contributed by atoms with Crippen molar-refractivity contribution in [3.05, 3.63) is 29.6 Å². The number of rotatable bonds is 2. The Morgan fingerprint density at radius 2 is 2.08 bits per heavy atom. The normalized spacial score (nSPS) is 9.58. The summed E-state index contributed by atoms with van der Waals surface area (Å²) in [6.45, 7) is 0. The molecule has 0 heterocycles. The Morgan fingerprint density at radius 1 is 1.42 bits per heavy atom. The molecule has 3 heteroatoms. The van der Waals surface area contributed by atoms with Crippen LogP contribution in [0.25, 0.3) is 0 Å². The van der Waals surface area contributed by atoms with E-state index >= 15 is 0 Å². The Morgan fingerprint density at radius 3 is 2.50 bits per heavy atom. The smallest absolute Gasteiger partial charge is 0.150 e. The van der Waals surface area contributed by atoms with Gasteiger partial charge in [0.25, 0.3) is 0 Å². The molecule has 64 valence electrons. The standard InChI is InChI=1S/C9H10FNO/c1-11(2)9-4-3-7(6-12)5-8(9)10/h3-6H,1-2H3. The van der Waals surface area contributed by atoms with Crippen LogP contribution < -0.4 is 4.90 Å². The number of aldehydes is 1. The van der Waals surface area contributed by atoms with E-state index in [-0.39, 0.29) is 5.82 Å². The van der Waals surface area contributed by atoms with Crippen molar-refractivity contribution in [1.82, 2.24) is 0 Å². The zero-order chi connectivity index (χ0) is 9.14. The highest BCUT2D eigenvalue weighted by Gasteiger charge is 2.03. The van der Waals surface area contributed by atoms with E-state index in [9.17, 15) is 9.18 Å². The van der Waals surface area contributed by atoms with E-state index in [0.29, 0.717) is 17.5 Å². The second-order valence-corrected chi connectivity index (χ2v) is 2.72. The summed E-state index contributed by atoms with van der Waals surface area (Å²) in [5.41, 5.74) is 0.846. The van der Waals surface area contributed by atoms with Crippen LogP contribution in [0.1, 0.15) is 10.4 Å². The molecule has 0 spiro atoms. The zero-order valence-electron chi connectivity index (χ0n) is 7.04. The van der Waals surface area contributed by atoms with E-state index in [4.69, 9.17) is 0 Å². The highest BCUT2D eigenvalue weighted by Crippen LogP contribution is 2.16. The molecule has 0 N–H and O–H groups in total. The summed E-state index contributed by atoms with van der Waals surface area (Å²) in [5.74, 6) is -0.371. The van der Waals surface area contributed by atoms with Crippen molar-refractivity contribution < 1.29 is 9.18 Å². The molecule has 0 saturated carbocycles. The number of anilines is 1. The number of hydrogen-bond donors (Lipinski definition) is 0. The van der Waals surface area contributed by atoms with Crippen LogP contribution in [0.3, 0.4) is 0 Å². The van der Waals surface area contributed by atoms with Gasteiger partial charge in [-0.2, -0.15) is 0 Å². The molecule has 1 aromatic rings. The average molecular weight is 167 g/mol. The Kier molecular flexibility index (Phi) is 2.43. The molecule has 12 heavy (non-hydrogen) atoms. The van der Waals surface area contributed by atoms with Crippen molar-refractivity contribution in [3.63, 3.8) is 0 Å². The first-order valence-electron chi connectivity index (χ1n) is 3.57. The van der Waals surface area contributed by atoms with Gasteiger partial charge in [0.1, 0.15) is 12.1 Å². The van der Waals surface area contributed by atoms with Crippen molar-refractivity contribution >= 4 is 12.0 Å². The van der Waals surface area contributed by atoms with Crippen LogP contribution in [-0.2, 0) is 0 Å². The van der Waals surface area contributed by atoms with Gasteiger partial charge in [-0.25, -0.2) is 4.39 Å². The summed E-state index contributed by atoms with van der Waals surface area (Å²) in [5, 5.41) is 0. The topological polar surface area (TPSA) is 20.3 Å². The van der Waals surface area contributed by atoms with Crippen molar-refractivity contribution in [2.24, 2.45) is 0 Å². The fourth-order valence-corrected chi connectivity index (χ4v) is 0.959. The molecule has 0 fully saturated rings. The van der Waals surface area contributed by atoms with Gasteiger partial charge in [-0.1, -0.05) is 0 Å². The molecule has 0 atom stereocenters. The van der Waals surface area contributed by atoms with Crippen molar-refractivity contribution in [1.29, 1.82) is 0 Å². The van der Waals surface area contributed by atoms with Gasteiger partial charge in [-0.3, -0.25) is 4.79 Å². The molecule has 0 saturated heterocycles. The Labute approximate surface area is 70.6 Å². The SMILES string of the molecule is CN(C)c1ccc(C=O)cc1F. The molecule has 0 radical (unpaired) electrons. The van der Waals surface area contributed by atoms with Gasteiger partial charge in [0.15, 0.2) is 0 Å². The lowest BCUT2D eigenvalue weighted by Gasteiger charge is -2.12. The number of carbonyl (C=O) groups is 1. The number of carbonyl (C=O) groups excluding carboxylic acids is 1. The Balaban J connectivity index is 3.11. The molecule has 0 bridgehead atoms. The summed E-state index contributed by atoms with van der Waals surface area (Å²) in [7, 11) is 3.50. The molecule has 0 amide bonds. The van der Waals surface area contributed by atoms with Crippen molar-refractivity contribution in [3.8, 4) is 0 Å². The van der Waals surface area contributed by atoms with Crippen LogP contribution in [0.4, 0.5) is 10.1 Å². The van der Waals surface area contributed by atoms with E-state index in [1.807, 2.05) is 0 Å². The summed E-state index contributed by atoms with van der Waals surface area (Å²) < 4.78 is 13.1. The summed E-state index contributed by atoms with van der Waals surface area (Å²) in [4.78, 5) is 11.9. The minimum Gasteiger partial charge on any atom is -0.375 e. The van der Waals surface area contributed by atoms with E-state index in [0.717, 1.165) is 0 Å². The van der Waals surface area contributed by atoms with Gasteiger partial charge in [-0.05, 0) is 18.2 Å². The molecule has 1 rings (SSSR count). The quantitative estimate of drug-likeness (QED) is 0.625. The molecule has 1 aromatic carbocycles. The maximum Gasteiger partial charge on any atom is 0.150 e. The predicted octanol–water partition coefficient (Wildman–Crippen LogP) is 1.70. The number of hydrogen-bond acceptors (Lipinski definition) is 2. The number of benzene rings is 1. The molecule has 0 aliphatic heterocycles. The van der Waals surface area contributed by atoms with Crippen molar-refractivity contribution in [2.75, 3.05) is 19.0 Å². The first kappa shape index (κ1) is 8.71. The average Bonchev–Trinajstić information content (AvgIpc) is 2.03. The largest absolute Gasteiger partial charge is 0.375 e. The van der Waals surface area contributed by atoms with Crippen LogP contribution in [0.5, 0.6) is 0 Å². The van der Waals surface area contributed by atoms with E-state index in [2.05, 4.69) is 0 Å². The lowest BCUT2D eigenvalue weighted by Crippen LogP contribution is -2.10. The molecule has 0 unspecified atom stereocenters. The van der Waals surface area contributed by atoms with Crippen LogP contribution in [0.15, 0.2) is 18.2 Å². The van der Waals surface area contributed by atoms with Crippen LogP contribution in [0.2, 0.25) is 0 Å². The lowest BCUT2D eigenvalue weighted by molar-refractivity contribution is 0.112. The van der Waals surface area contributed by atoms with E-state index < -0.39 is 0 Å². The molecular formula is C9H10FNO.